The molecule has 11 atom stereocenters. The fraction of sp³-hybridized carbons (Fsp3) is 0.565. The first-order chi connectivity index (χ1) is 22.0. The monoisotopic (exact) mass is 681 g/mol. The minimum Gasteiger partial charge on any atom is -0.388 e. The second-order valence-corrected chi connectivity index (χ2v) is 13.7. The number of rotatable bonds is 3. The van der Waals surface area contributed by atoms with Crippen molar-refractivity contribution in [2.45, 2.75) is 48.7 Å². The van der Waals surface area contributed by atoms with Crippen LogP contribution in [0.5, 0.6) is 0 Å². The molecular weight excluding hydrogens is 654 g/mol. The molecule has 2 saturated carbocycles. The number of H-pyrrole nitrogens is 1. The van der Waals surface area contributed by atoms with Crippen molar-refractivity contribution in [3.05, 3.63) is 29.3 Å². The lowest BCUT2D eigenvalue weighted by atomic mass is 10.0. The van der Waals surface area contributed by atoms with Crippen molar-refractivity contribution in [1.82, 2.24) is 39.0 Å². The molecule has 4 aromatic heterocycles. The Morgan fingerprint density at radius 1 is 1.15 bits per heavy atom. The lowest BCUT2D eigenvalue weighted by molar-refractivity contribution is -0.0582. The number of nitrogen functional groups attached to an aromatic ring is 2. The number of phosphoric ester groups is 1. The van der Waals surface area contributed by atoms with Gasteiger partial charge >= 0.3 is 16.1 Å². The van der Waals surface area contributed by atoms with Crippen LogP contribution in [0.15, 0.2) is 23.8 Å². The Morgan fingerprint density at radius 3 is 2.76 bits per heavy atom. The Morgan fingerprint density at radius 2 is 1.96 bits per heavy atom. The summed E-state index contributed by atoms with van der Waals surface area (Å²) in [5, 5.41) is 11.6. The molecule has 2 aliphatic carbocycles. The van der Waals surface area contributed by atoms with Gasteiger partial charge in [0.25, 0.3) is 5.56 Å². The minimum absolute atomic E-state index is 0.00685. The number of aliphatic hydroxyl groups is 1. The number of anilines is 2. The second-order valence-electron chi connectivity index (χ2n) is 11.4. The Labute approximate surface area is 257 Å². The van der Waals surface area contributed by atoms with Crippen LogP contribution in [-0.4, -0.2) is 99.9 Å². The topological polar surface area (TPSA) is 289 Å². The van der Waals surface area contributed by atoms with Crippen molar-refractivity contribution in [3.63, 3.8) is 0 Å². The molecule has 7 N–H and O–H groups in total. The molecule has 0 amide bonds. The number of aromatic nitrogens is 8. The number of nitrogens with zero attached hydrogens (tertiary/aromatic N) is 7. The van der Waals surface area contributed by atoms with E-state index in [2.05, 4.69) is 29.9 Å². The predicted molar refractivity (Wildman–Crippen MR) is 152 cm³/mol. The first kappa shape index (κ1) is 29.9. The third-order valence-electron chi connectivity index (χ3n) is 9.12. The third kappa shape index (κ3) is 4.43. The van der Waals surface area contributed by atoms with E-state index >= 15 is 0 Å². The Hall–Kier alpha value is -3.49. The fourth-order valence-corrected chi connectivity index (χ4v) is 8.80. The average Bonchev–Trinajstić information content (AvgIpc) is 3.30. The fourth-order valence-electron chi connectivity index (χ4n) is 7.05. The summed E-state index contributed by atoms with van der Waals surface area (Å²) in [5.74, 6) is -1.16. The van der Waals surface area contributed by atoms with Gasteiger partial charge in [-0.3, -0.25) is 23.4 Å². The predicted octanol–water partition coefficient (Wildman–Crippen LogP) is -0.683. The first-order valence-electron chi connectivity index (χ1n) is 14.0. The van der Waals surface area contributed by atoms with Crippen LogP contribution in [-0.2, 0) is 42.2 Å². The van der Waals surface area contributed by atoms with Gasteiger partial charge in [-0.25, -0.2) is 24.5 Å². The molecule has 244 valence electrons. The Balaban J connectivity index is 1.13. The van der Waals surface area contributed by atoms with Gasteiger partial charge in [0.05, 0.1) is 24.8 Å². The molecule has 0 spiro atoms. The van der Waals surface area contributed by atoms with E-state index in [1.165, 1.54) is 30.7 Å². The number of hydrogen-bond donors (Lipinski definition) is 5. The van der Waals surface area contributed by atoms with Crippen LogP contribution in [0.4, 0.5) is 11.8 Å². The maximum absolute atomic E-state index is 13.5. The molecule has 2 saturated heterocycles. The minimum atomic E-state index is -4.90. The summed E-state index contributed by atoms with van der Waals surface area (Å²) in [6.07, 6.45) is -2.73. The summed E-state index contributed by atoms with van der Waals surface area (Å²) >= 11 is 0. The van der Waals surface area contributed by atoms with E-state index in [0.717, 1.165) is 0 Å². The average molecular weight is 681 g/mol. The van der Waals surface area contributed by atoms with Crippen molar-refractivity contribution < 1.29 is 46.7 Å². The zero-order chi connectivity index (χ0) is 32.1. The van der Waals surface area contributed by atoms with E-state index in [9.17, 15) is 23.9 Å². The number of hydrogen-bond acceptors (Lipinski definition) is 17. The number of aromatic amines is 1. The highest BCUT2D eigenvalue weighted by molar-refractivity contribution is 7.47. The molecular formula is C23H27N10O11P2+. The number of aliphatic hydroxyl groups excluding tert-OH is 1. The maximum atomic E-state index is 13.5. The van der Waals surface area contributed by atoms with E-state index in [1.54, 1.807) is 4.57 Å². The Bertz CT molecular complexity index is 1990. The lowest BCUT2D eigenvalue weighted by Crippen LogP contribution is -2.40. The molecule has 46 heavy (non-hydrogen) atoms. The quantitative estimate of drug-likeness (QED) is 0.167. The van der Waals surface area contributed by atoms with E-state index < -0.39 is 76.4 Å². The summed E-state index contributed by atoms with van der Waals surface area (Å²) in [4.78, 5) is 46.5. The molecule has 6 heterocycles. The standard InChI is InChI=1S/C23H26N10O11P2/c1-39-14-10-4-40-45(36)43-13-8(9-2-23(9,16(13)34)33-7-29-11-17(24)26-5-27-18(11)33)3-41-46(37,38)44-15(14)21(42-10)32-6-28-12-19(32)30-22(25)31-20(12)35/h5-10,13-16,21,34H,2-4H2,1H3,(H5-,24,25,26,27,30,31,35,37,38)/p+1/t8-,9-,10+,13+,14+,15+,16+,21+,23+/m0/s1. The number of methoxy groups -OCH3 is 1. The molecule has 4 aromatic rings. The second kappa shape index (κ2) is 10.5. The van der Waals surface area contributed by atoms with Crippen LogP contribution in [0.25, 0.3) is 22.3 Å². The summed E-state index contributed by atoms with van der Waals surface area (Å²) in [7, 11) is -6.45. The molecule has 4 fully saturated rings. The van der Waals surface area contributed by atoms with Crippen LogP contribution in [0.2, 0.25) is 0 Å². The van der Waals surface area contributed by atoms with Gasteiger partial charge in [-0.2, -0.15) is 4.98 Å². The van der Waals surface area contributed by atoms with Gasteiger partial charge < -0.3 is 35.5 Å². The van der Waals surface area contributed by atoms with Crippen molar-refractivity contribution in [1.29, 1.82) is 0 Å². The number of ether oxygens (including phenoxy) is 2. The van der Waals surface area contributed by atoms with Crippen LogP contribution in [0.3, 0.4) is 0 Å². The van der Waals surface area contributed by atoms with E-state index in [1.807, 2.05) is 0 Å². The van der Waals surface area contributed by atoms with Crippen molar-refractivity contribution in [3.8, 4) is 0 Å². The zero-order valence-corrected chi connectivity index (χ0v) is 25.5. The summed E-state index contributed by atoms with van der Waals surface area (Å²) in [5.41, 5.74) is 10.7. The maximum Gasteiger partial charge on any atom is 0.697 e. The van der Waals surface area contributed by atoms with Gasteiger partial charge in [0.1, 0.15) is 49.0 Å². The normalized spacial score (nSPS) is 38.6. The van der Waals surface area contributed by atoms with Gasteiger partial charge in [-0.15, -0.1) is 9.05 Å². The highest BCUT2D eigenvalue weighted by atomic mass is 31.2. The van der Waals surface area contributed by atoms with E-state index in [0.29, 0.717) is 17.6 Å². The van der Waals surface area contributed by atoms with Gasteiger partial charge in [0, 0.05) is 17.6 Å². The molecule has 21 nitrogen and oxygen atoms in total. The summed E-state index contributed by atoms with van der Waals surface area (Å²) < 4.78 is 63.8. The highest BCUT2D eigenvalue weighted by Gasteiger charge is 2.75. The number of fused-ring (bicyclic) bond motifs is 7. The molecule has 0 radical (unpaired) electrons. The van der Waals surface area contributed by atoms with E-state index in [-0.39, 0.29) is 35.5 Å². The molecule has 4 aliphatic rings. The first-order valence-corrected chi connectivity index (χ1v) is 16.6. The van der Waals surface area contributed by atoms with Gasteiger partial charge in [0.15, 0.2) is 28.9 Å². The van der Waals surface area contributed by atoms with Crippen LogP contribution in [0, 0.1) is 11.8 Å². The number of nitrogens with one attached hydrogen (secondary N) is 1. The smallest absolute Gasteiger partial charge is 0.388 e. The molecule has 23 heteroatoms. The van der Waals surface area contributed by atoms with Crippen molar-refractivity contribution in [2.75, 3.05) is 31.8 Å². The number of imidazole rings is 2. The largest absolute Gasteiger partial charge is 0.697 e. The number of phosphoric acid groups is 1. The van der Waals surface area contributed by atoms with Gasteiger partial charge in [-0.05, 0) is 12.3 Å². The number of nitrogens with two attached hydrogens (primary N) is 2. The molecule has 2 unspecified atom stereocenters. The molecule has 8 rings (SSSR count). The highest BCUT2D eigenvalue weighted by Crippen LogP contribution is 2.67. The SMILES string of the molecule is CO[C@H]1[C@H]2OP(=O)(O)OC[C@@H]3[C@@H](O[P+](=O)OC[C@H]1O[C@H]2n1cnc2c(=O)[nH]c(N)nc21)[C@@H](O)[C@@]1(n2cnc4c(N)ncnc42)C[C@@H]31. The van der Waals surface area contributed by atoms with E-state index in [4.69, 9.17) is 39.0 Å². The molecule has 2 bridgehead atoms. The van der Waals surface area contributed by atoms with Crippen LogP contribution >= 0.6 is 16.1 Å². The zero-order valence-electron chi connectivity index (χ0n) is 23.7. The summed E-state index contributed by atoms with van der Waals surface area (Å²) in [6.45, 7) is -0.816. The van der Waals surface area contributed by atoms with Crippen molar-refractivity contribution >= 4 is 50.2 Å². The lowest BCUT2D eigenvalue weighted by Gasteiger charge is -2.26. The molecule has 2 aliphatic heterocycles. The Kier molecular flexibility index (Phi) is 6.83. The van der Waals surface area contributed by atoms with Crippen LogP contribution < -0.4 is 17.0 Å². The summed E-state index contributed by atoms with van der Waals surface area (Å²) in [6, 6.07) is 0. The van der Waals surface area contributed by atoms with Gasteiger partial charge in [-0.1, -0.05) is 0 Å². The van der Waals surface area contributed by atoms with Crippen molar-refractivity contribution in [2.24, 2.45) is 11.8 Å². The van der Waals surface area contributed by atoms with Crippen LogP contribution in [0.1, 0.15) is 12.6 Å². The molecule has 0 aromatic carbocycles. The van der Waals surface area contributed by atoms with Gasteiger partial charge in [0.2, 0.25) is 5.95 Å². The third-order valence-corrected chi connectivity index (χ3v) is 10.9.